The molecule has 1 aromatic heterocycles. The highest BCUT2D eigenvalue weighted by atomic mass is 19.1. The average molecular weight is 466 g/mol. The Balaban J connectivity index is 1.13. The van der Waals surface area contributed by atoms with Gasteiger partial charge in [-0.3, -0.25) is 9.59 Å². The third kappa shape index (κ3) is 4.56. The molecule has 1 spiro atoms. The Morgan fingerprint density at radius 2 is 1.88 bits per heavy atom. The van der Waals surface area contributed by atoms with Crippen molar-refractivity contribution in [2.45, 2.75) is 32.6 Å². The Hall–Kier alpha value is -2.87. The number of hydrogen-bond donors (Lipinski definition) is 0. The molecule has 1 unspecified atom stereocenters. The van der Waals surface area contributed by atoms with Crippen molar-refractivity contribution in [3.05, 3.63) is 47.2 Å². The second kappa shape index (κ2) is 9.41. The van der Waals surface area contributed by atoms with Gasteiger partial charge in [-0.15, -0.1) is 0 Å². The second-order valence-electron chi connectivity index (χ2n) is 10.3. The first-order valence-corrected chi connectivity index (χ1v) is 12.2. The molecule has 3 saturated heterocycles. The molecular formula is C26H32FN5O2. The molecule has 4 heterocycles. The number of carbonyl (C=O) groups excluding carboxylic acids is 2. The van der Waals surface area contributed by atoms with Crippen molar-refractivity contribution in [2.75, 3.05) is 55.6 Å². The SMILES string of the molecule is Cc1cc(F)c(N2CCCC(CN3CCC4(C3)CN(c3cnc(C=O)cn3)C4)CC2)cc1C=O. The van der Waals surface area contributed by atoms with Gasteiger partial charge in [0.2, 0.25) is 0 Å². The van der Waals surface area contributed by atoms with Crippen molar-refractivity contribution >= 4 is 24.1 Å². The van der Waals surface area contributed by atoms with Crippen molar-refractivity contribution in [3.63, 3.8) is 0 Å². The van der Waals surface area contributed by atoms with E-state index in [1.165, 1.54) is 18.7 Å². The Kier molecular flexibility index (Phi) is 6.34. The summed E-state index contributed by atoms with van der Waals surface area (Å²) in [7, 11) is 0. The summed E-state index contributed by atoms with van der Waals surface area (Å²) in [6.07, 6.45) is 9.19. The molecule has 0 amide bonds. The summed E-state index contributed by atoms with van der Waals surface area (Å²) < 4.78 is 14.6. The summed E-state index contributed by atoms with van der Waals surface area (Å²) in [6.45, 7) is 8.74. The molecule has 0 aliphatic carbocycles. The second-order valence-corrected chi connectivity index (χ2v) is 10.3. The highest BCUT2D eigenvalue weighted by Gasteiger charge is 2.48. The summed E-state index contributed by atoms with van der Waals surface area (Å²) in [5.74, 6) is 1.22. The van der Waals surface area contributed by atoms with Crippen molar-refractivity contribution in [1.82, 2.24) is 14.9 Å². The number of halogens is 1. The lowest BCUT2D eigenvalue weighted by Gasteiger charge is -2.48. The number of anilines is 2. The largest absolute Gasteiger partial charge is 0.369 e. The smallest absolute Gasteiger partial charge is 0.170 e. The maximum absolute atomic E-state index is 14.6. The maximum atomic E-state index is 14.6. The van der Waals surface area contributed by atoms with E-state index in [1.54, 1.807) is 19.2 Å². The van der Waals surface area contributed by atoms with Gasteiger partial charge in [-0.05, 0) is 62.8 Å². The van der Waals surface area contributed by atoms with Gasteiger partial charge in [0.05, 0.1) is 18.1 Å². The molecule has 34 heavy (non-hydrogen) atoms. The van der Waals surface area contributed by atoms with Crippen LogP contribution in [-0.4, -0.2) is 73.3 Å². The van der Waals surface area contributed by atoms with Gasteiger partial charge >= 0.3 is 0 Å². The fraction of sp³-hybridized carbons (Fsp3) is 0.538. The van der Waals surface area contributed by atoms with Crippen LogP contribution in [0.5, 0.6) is 0 Å². The predicted octanol–water partition coefficient (Wildman–Crippen LogP) is 3.37. The first-order chi connectivity index (χ1) is 16.5. The zero-order valence-electron chi connectivity index (χ0n) is 19.8. The monoisotopic (exact) mass is 465 g/mol. The molecule has 1 aromatic carbocycles. The lowest BCUT2D eigenvalue weighted by molar-refractivity contribution is 0.111. The minimum Gasteiger partial charge on any atom is -0.369 e. The zero-order chi connectivity index (χ0) is 23.7. The molecule has 8 heteroatoms. The van der Waals surface area contributed by atoms with Crippen LogP contribution in [-0.2, 0) is 0 Å². The minimum absolute atomic E-state index is 0.233. The molecular weight excluding hydrogens is 433 g/mol. The lowest BCUT2D eigenvalue weighted by atomic mass is 9.79. The van der Waals surface area contributed by atoms with Crippen molar-refractivity contribution in [1.29, 1.82) is 0 Å². The predicted molar refractivity (Wildman–Crippen MR) is 129 cm³/mol. The quantitative estimate of drug-likeness (QED) is 0.606. The van der Waals surface area contributed by atoms with E-state index in [0.717, 1.165) is 83.5 Å². The van der Waals surface area contributed by atoms with Gasteiger partial charge in [-0.25, -0.2) is 14.4 Å². The van der Waals surface area contributed by atoms with Crippen LogP contribution in [0.3, 0.4) is 0 Å². The van der Waals surface area contributed by atoms with E-state index < -0.39 is 0 Å². The summed E-state index contributed by atoms with van der Waals surface area (Å²) in [4.78, 5) is 37.6. The van der Waals surface area contributed by atoms with Gasteiger partial charge in [-0.2, -0.15) is 0 Å². The van der Waals surface area contributed by atoms with Crippen LogP contribution in [0, 0.1) is 24.1 Å². The molecule has 0 bridgehead atoms. The molecule has 7 nitrogen and oxygen atoms in total. The topological polar surface area (TPSA) is 69.6 Å². The van der Waals surface area contributed by atoms with E-state index in [9.17, 15) is 14.0 Å². The summed E-state index contributed by atoms with van der Waals surface area (Å²) in [5, 5.41) is 0. The van der Waals surface area contributed by atoms with E-state index in [-0.39, 0.29) is 5.82 Å². The number of aryl methyl sites for hydroxylation is 1. The molecule has 3 fully saturated rings. The van der Waals surface area contributed by atoms with Gasteiger partial charge in [0, 0.05) is 50.2 Å². The first kappa shape index (κ1) is 22.9. The maximum Gasteiger partial charge on any atom is 0.170 e. The number of aldehydes is 2. The fourth-order valence-electron chi connectivity index (χ4n) is 5.92. The normalized spacial score (nSPS) is 22.5. The van der Waals surface area contributed by atoms with Crippen LogP contribution in [0.2, 0.25) is 0 Å². The van der Waals surface area contributed by atoms with Gasteiger partial charge in [0.25, 0.3) is 0 Å². The van der Waals surface area contributed by atoms with Crippen molar-refractivity contribution in [3.8, 4) is 0 Å². The molecule has 5 rings (SSSR count). The van der Waals surface area contributed by atoms with E-state index >= 15 is 0 Å². The highest BCUT2D eigenvalue weighted by molar-refractivity contribution is 5.79. The molecule has 2 aromatic rings. The molecule has 1 atom stereocenters. The molecule has 0 saturated carbocycles. The van der Waals surface area contributed by atoms with Gasteiger partial charge in [0.15, 0.2) is 6.29 Å². The molecule has 3 aliphatic heterocycles. The van der Waals surface area contributed by atoms with E-state index in [1.807, 2.05) is 0 Å². The number of nitrogens with zero attached hydrogens (tertiary/aromatic N) is 5. The number of hydrogen-bond acceptors (Lipinski definition) is 7. The third-order valence-corrected chi connectivity index (χ3v) is 7.84. The van der Waals surface area contributed by atoms with Crippen LogP contribution in [0.25, 0.3) is 0 Å². The highest BCUT2D eigenvalue weighted by Crippen LogP contribution is 2.41. The number of benzene rings is 1. The fourth-order valence-corrected chi connectivity index (χ4v) is 5.92. The zero-order valence-corrected chi connectivity index (χ0v) is 19.8. The van der Waals surface area contributed by atoms with Crippen LogP contribution < -0.4 is 9.80 Å². The van der Waals surface area contributed by atoms with E-state index in [4.69, 9.17) is 0 Å². The van der Waals surface area contributed by atoms with E-state index in [0.29, 0.717) is 33.8 Å². The standard InChI is InChI=1S/C26H32FN5O2/c1-19-9-23(27)24(10-21(19)14-33)31-6-2-3-20(4-7-31)13-30-8-5-26(16-30)17-32(18-26)25-12-28-22(15-34)11-29-25/h9-12,14-15,20H,2-8,13,16-18H2,1H3. The molecule has 180 valence electrons. The average Bonchev–Trinajstić information content (AvgIpc) is 3.11. The van der Waals surface area contributed by atoms with Crippen LogP contribution >= 0.6 is 0 Å². The van der Waals surface area contributed by atoms with E-state index in [2.05, 4.69) is 24.7 Å². The third-order valence-electron chi connectivity index (χ3n) is 7.84. The summed E-state index contributed by atoms with van der Waals surface area (Å²) >= 11 is 0. The van der Waals surface area contributed by atoms with Crippen LogP contribution in [0.4, 0.5) is 15.9 Å². The van der Waals surface area contributed by atoms with Crippen molar-refractivity contribution < 1.29 is 14.0 Å². The Morgan fingerprint density at radius 3 is 2.62 bits per heavy atom. The molecule has 0 N–H and O–H groups in total. The lowest BCUT2D eigenvalue weighted by Crippen LogP contribution is -2.58. The summed E-state index contributed by atoms with van der Waals surface area (Å²) in [5.41, 5.74) is 2.51. The first-order valence-electron chi connectivity index (χ1n) is 12.2. The number of carbonyl (C=O) groups is 2. The van der Waals surface area contributed by atoms with Crippen molar-refractivity contribution in [2.24, 2.45) is 11.3 Å². The van der Waals surface area contributed by atoms with Gasteiger partial charge in [0.1, 0.15) is 23.6 Å². The number of likely N-dealkylation sites (tertiary alicyclic amines) is 1. The van der Waals surface area contributed by atoms with Gasteiger partial charge < -0.3 is 14.7 Å². The van der Waals surface area contributed by atoms with Gasteiger partial charge in [-0.1, -0.05) is 0 Å². The Labute approximate surface area is 200 Å². The molecule has 0 radical (unpaired) electrons. The Bertz CT molecular complexity index is 1050. The minimum atomic E-state index is -0.233. The number of rotatable bonds is 6. The van der Waals surface area contributed by atoms with Crippen LogP contribution in [0.1, 0.15) is 52.1 Å². The number of aromatic nitrogens is 2. The Morgan fingerprint density at radius 1 is 1.03 bits per heavy atom. The molecule has 3 aliphatic rings. The van der Waals surface area contributed by atoms with Crippen LogP contribution in [0.15, 0.2) is 24.5 Å². The summed E-state index contributed by atoms with van der Waals surface area (Å²) in [6, 6.07) is 3.19.